The molecule has 2 aromatic rings. The zero-order valence-corrected chi connectivity index (χ0v) is 18.9. The standard InChI is InChI=1S/C23H25Cl2N3O3/c1-15-22(29)26-20-6-4-5-17(21(20)31-15)23(30)28(12-11-27-9-2-3-10-27)14-16-7-8-18(24)19(25)13-16/h4-8,13,15H,2-3,9-12,14H2,1H3,(H,26,29). The van der Waals surface area contributed by atoms with E-state index in [1.165, 1.54) is 12.8 Å². The topological polar surface area (TPSA) is 61.9 Å². The maximum absolute atomic E-state index is 13.6. The van der Waals surface area contributed by atoms with E-state index in [1.807, 2.05) is 6.07 Å². The average Bonchev–Trinajstić information content (AvgIpc) is 3.27. The SMILES string of the molecule is CC1Oc2c(cccc2C(=O)N(CCN2CCCC2)Cc2ccc(Cl)c(Cl)c2)NC1=O. The van der Waals surface area contributed by atoms with Crippen molar-refractivity contribution in [1.82, 2.24) is 9.80 Å². The number of halogens is 2. The molecule has 0 bridgehead atoms. The summed E-state index contributed by atoms with van der Waals surface area (Å²) in [5.74, 6) is 0.0455. The smallest absolute Gasteiger partial charge is 0.265 e. The third-order valence-corrected chi connectivity index (χ3v) is 6.44. The first-order valence-corrected chi connectivity index (χ1v) is 11.2. The van der Waals surface area contributed by atoms with E-state index in [0.717, 1.165) is 25.2 Å². The number of likely N-dealkylation sites (tertiary alicyclic amines) is 1. The van der Waals surface area contributed by atoms with Gasteiger partial charge in [0.15, 0.2) is 11.9 Å². The molecule has 0 aromatic heterocycles. The fourth-order valence-corrected chi connectivity index (χ4v) is 4.27. The molecule has 0 radical (unpaired) electrons. The molecular formula is C23H25Cl2N3O3. The van der Waals surface area contributed by atoms with Crippen LogP contribution in [0.25, 0.3) is 0 Å². The normalized spacial score (nSPS) is 18.3. The fourth-order valence-electron chi connectivity index (χ4n) is 3.94. The molecule has 6 nitrogen and oxygen atoms in total. The number of hydrogen-bond acceptors (Lipinski definition) is 4. The highest BCUT2D eigenvalue weighted by molar-refractivity contribution is 6.42. The van der Waals surface area contributed by atoms with Gasteiger partial charge in [0.2, 0.25) is 0 Å². The average molecular weight is 462 g/mol. The molecule has 2 aliphatic heterocycles. The summed E-state index contributed by atoms with van der Waals surface area (Å²) in [6.45, 7) is 5.56. The lowest BCUT2D eigenvalue weighted by molar-refractivity contribution is -0.122. The molecule has 4 rings (SSSR count). The van der Waals surface area contributed by atoms with Crippen molar-refractivity contribution >= 4 is 40.7 Å². The minimum atomic E-state index is -0.658. The molecule has 1 fully saturated rings. The van der Waals surface area contributed by atoms with Crippen LogP contribution in [-0.4, -0.2) is 53.9 Å². The number of anilines is 1. The van der Waals surface area contributed by atoms with E-state index in [4.69, 9.17) is 27.9 Å². The Kier molecular flexibility index (Phi) is 6.70. The summed E-state index contributed by atoms with van der Waals surface area (Å²) < 4.78 is 5.80. The largest absolute Gasteiger partial charge is 0.478 e. The molecule has 2 amide bonds. The molecule has 8 heteroatoms. The van der Waals surface area contributed by atoms with Gasteiger partial charge in [-0.1, -0.05) is 35.3 Å². The van der Waals surface area contributed by atoms with Crippen molar-refractivity contribution in [3.05, 3.63) is 57.6 Å². The van der Waals surface area contributed by atoms with E-state index in [2.05, 4.69) is 10.2 Å². The molecule has 31 heavy (non-hydrogen) atoms. The maximum atomic E-state index is 13.6. The zero-order chi connectivity index (χ0) is 22.0. The third kappa shape index (κ3) is 4.97. The van der Waals surface area contributed by atoms with E-state index >= 15 is 0 Å². The number of hydrogen-bond donors (Lipinski definition) is 1. The second kappa shape index (κ2) is 9.47. The van der Waals surface area contributed by atoms with Crippen molar-refractivity contribution in [3.63, 3.8) is 0 Å². The molecule has 0 saturated carbocycles. The van der Waals surface area contributed by atoms with Crippen LogP contribution < -0.4 is 10.1 Å². The summed E-state index contributed by atoms with van der Waals surface area (Å²) in [6.07, 6.45) is 1.73. The molecule has 1 atom stereocenters. The van der Waals surface area contributed by atoms with E-state index in [0.29, 0.717) is 40.1 Å². The van der Waals surface area contributed by atoms with Gasteiger partial charge in [0.25, 0.3) is 11.8 Å². The van der Waals surface area contributed by atoms with Crippen LogP contribution in [0.5, 0.6) is 5.75 Å². The Labute approximate surface area is 192 Å². The quantitative estimate of drug-likeness (QED) is 0.689. The minimum absolute atomic E-state index is 0.148. The number of nitrogens with one attached hydrogen (secondary N) is 1. The van der Waals surface area contributed by atoms with Gasteiger partial charge in [-0.2, -0.15) is 0 Å². The first-order valence-electron chi connectivity index (χ1n) is 10.5. The molecule has 1 unspecified atom stereocenters. The van der Waals surface area contributed by atoms with Crippen LogP contribution in [-0.2, 0) is 11.3 Å². The van der Waals surface area contributed by atoms with E-state index in [1.54, 1.807) is 42.2 Å². The van der Waals surface area contributed by atoms with Gasteiger partial charge < -0.3 is 19.9 Å². The van der Waals surface area contributed by atoms with Gasteiger partial charge in [0, 0.05) is 19.6 Å². The number of amides is 2. The Balaban J connectivity index is 1.61. The summed E-state index contributed by atoms with van der Waals surface area (Å²) in [5.41, 5.74) is 1.85. The maximum Gasteiger partial charge on any atom is 0.265 e. The van der Waals surface area contributed by atoms with Gasteiger partial charge in [-0.15, -0.1) is 0 Å². The van der Waals surface area contributed by atoms with Crippen LogP contribution in [0.3, 0.4) is 0 Å². The molecule has 2 aromatic carbocycles. The summed E-state index contributed by atoms with van der Waals surface area (Å²) in [7, 11) is 0. The van der Waals surface area contributed by atoms with Crippen molar-refractivity contribution < 1.29 is 14.3 Å². The molecule has 1 N–H and O–H groups in total. The van der Waals surface area contributed by atoms with Gasteiger partial charge in [0.1, 0.15) is 0 Å². The zero-order valence-electron chi connectivity index (χ0n) is 17.4. The molecule has 0 aliphatic carbocycles. The van der Waals surface area contributed by atoms with Crippen LogP contribution >= 0.6 is 23.2 Å². The molecule has 2 heterocycles. The van der Waals surface area contributed by atoms with Gasteiger partial charge in [-0.05, 0) is 62.7 Å². The highest BCUT2D eigenvalue weighted by Crippen LogP contribution is 2.34. The molecule has 0 spiro atoms. The Hall–Kier alpha value is -2.28. The predicted octanol–water partition coefficient (Wildman–Crippen LogP) is 4.45. The number of benzene rings is 2. The van der Waals surface area contributed by atoms with Crippen molar-refractivity contribution in [3.8, 4) is 5.75 Å². The lowest BCUT2D eigenvalue weighted by Crippen LogP contribution is -2.39. The number of rotatable bonds is 6. The second-order valence-corrected chi connectivity index (χ2v) is 8.77. The lowest BCUT2D eigenvalue weighted by Gasteiger charge is -2.29. The second-order valence-electron chi connectivity index (χ2n) is 7.96. The number of ether oxygens (including phenoxy) is 1. The third-order valence-electron chi connectivity index (χ3n) is 5.70. The predicted molar refractivity (Wildman–Crippen MR) is 122 cm³/mol. The van der Waals surface area contributed by atoms with Crippen LogP contribution in [0.1, 0.15) is 35.7 Å². The molecular weight excluding hydrogens is 437 g/mol. The summed E-state index contributed by atoms with van der Waals surface area (Å²) in [4.78, 5) is 29.8. The highest BCUT2D eigenvalue weighted by Gasteiger charge is 2.29. The number of carbonyl (C=O) groups is 2. The number of nitrogens with zero attached hydrogens (tertiary/aromatic N) is 2. The summed E-state index contributed by atoms with van der Waals surface area (Å²) >= 11 is 12.3. The van der Waals surface area contributed by atoms with Crippen LogP contribution in [0, 0.1) is 0 Å². The van der Waals surface area contributed by atoms with Crippen LogP contribution in [0.4, 0.5) is 5.69 Å². The minimum Gasteiger partial charge on any atom is -0.478 e. The van der Waals surface area contributed by atoms with E-state index < -0.39 is 6.10 Å². The van der Waals surface area contributed by atoms with Crippen LogP contribution in [0.2, 0.25) is 10.0 Å². The Morgan fingerprint density at radius 3 is 2.71 bits per heavy atom. The van der Waals surface area contributed by atoms with Gasteiger partial charge in [-0.25, -0.2) is 0 Å². The highest BCUT2D eigenvalue weighted by atomic mass is 35.5. The van der Waals surface area contributed by atoms with Gasteiger partial charge in [-0.3, -0.25) is 9.59 Å². The van der Waals surface area contributed by atoms with Crippen molar-refractivity contribution in [2.75, 3.05) is 31.5 Å². The van der Waals surface area contributed by atoms with Crippen molar-refractivity contribution in [2.24, 2.45) is 0 Å². The molecule has 164 valence electrons. The number of fused-ring (bicyclic) bond motifs is 1. The first kappa shape index (κ1) is 21.9. The van der Waals surface area contributed by atoms with Crippen LogP contribution in [0.15, 0.2) is 36.4 Å². The Morgan fingerprint density at radius 2 is 1.97 bits per heavy atom. The van der Waals surface area contributed by atoms with Gasteiger partial charge >= 0.3 is 0 Å². The Morgan fingerprint density at radius 1 is 1.19 bits per heavy atom. The van der Waals surface area contributed by atoms with Gasteiger partial charge in [0.05, 0.1) is 21.3 Å². The first-order chi connectivity index (χ1) is 14.9. The van der Waals surface area contributed by atoms with E-state index in [-0.39, 0.29) is 11.8 Å². The number of para-hydroxylation sites is 1. The monoisotopic (exact) mass is 461 g/mol. The van der Waals surface area contributed by atoms with Crippen molar-refractivity contribution in [1.29, 1.82) is 0 Å². The number of carbonyl (C=O) groups excluding carboxylic acids is 2. The summed E-state index contributed by atoms with van der Waals surface area (Å²) in [5, 5.41) is 3.75. The fraction of sp³-hybridized carbons (Fsp3) is 0.391. The lowest BCUT2D eigenvalue weighted by atomic mass is 10.1. The summed E-state index contributed by atoms with van der Waals surface area (Å²) in [6, 6.07) is 10.6. The van der Waals surface area contributed by atoms with E-state index in [9.17, 15) is 9.59 Å². The Bertz CT molecular complexity index is 992. The molecule has 2 aliphatic rings. The van der Waals surface area contributed by atoms with Crippen molar-refractivity contribution in [2.45, 2.75) is 32.4 Å². The molecule has 1 saturated heterocycles.